The highest BCUT2D eigenvalue weighted by Gasteiger charge is 2.28. The van der Waals surface area contributed by atoms with Crippen LogP contribution in [0.4, 0.5) is 0 Å². The highest BCUT2D eigenvalue weighted by Crippen LogP contribution is 2.40. The Labute approximate surface area is 165 Å². The van der Waals surface area contributed by atoms with E-state index in [1.54, 1.807) is 36.4 Å². The molecular formula is C24H26O4. The summed E-state index contributed by atoms with van der Waals surface area (Å²) >= 11 is 0. The van der Waals surface area contributed by atoms with Gasteiger partial charge in [0.1, 0.15) is 17.6 Å². The third-order valence-corrected chi connectivity index (χ3v) is 4.89. The number of carbonyl (C=O) groups is 2. The van der Waals surface area contributed by atoms with E-state index in [0.717, 1.165) is 17.4 Å². The van der Waals surface area contributed by atoms with Gasteiger partial charge in [0.05, 0.1) is 0 Å². The van der Waals surface area contributed by atoms with Gasteiger partial charge in [-0.15, -0.1) is 0 Å². The number of carbonyl (C=O) groups excluding carboxylic acids is 2. The first-order valence-electron chi connectivity index (χ1n) is 9.33. The molecule has 4 nitrogen and oxygen atoms in total. The molecule has 0 aliphatic heterocycles. The first-order chi connectivity index (χ1) is 12.9. The fourth-order valence-electron chi connectivity index (χ4n) is 3.30. The predicted molar refractivity (Wildman–Crippen MR) is 111 cm³/mol. The average molecular weight is 378 g/mol. The van der Waals surface area contributed by atoms with E-state index in [0.29, 0.717) is 22.1 Å². The molecule has 0 radical (unpaired) electrons. The van der Waals surface area contributed by atoms with Crippen molar-refractivity contribution in [1.29, 1.82) is 0 Å². The molecule has 1 aromatic heterocycles. The number of hydrogen-bond acceptors (Lipinski definition) is 4. The molecule has 146 valence electrons. The fourth-order valence-corrected chi connectivity index (χ4v) is 3.30. The third-order valence-electron chi connectivity index (χ3n) is 4.89. The van der Waals surface area contributed by atoms with E-state index in [9.17, 15) is 14.7 Å². The molecule has 0 amide bonds. The van der Waals surface area contributed by atoms with Crippen molar-refractivity contribution >= 4 is 23.0 Å². The van der Waals surface area contributed by atoms with Crippen LogP contribution in [0.2, 0.25) is 0 Å². The van der Waals surface area contributed by atoms with Gasteiger partial charge in [0.25, 0.3) is 0 Å². The minimum atomic E-state index is -0.326. The maximum absolute atomic E-state index is 13.2. The van der Waals surface area contributed by atoms with Crippen molar-refractivity contribution in [2.24, 2.45) is 0 Å². The van der Waals surface area contributed by atoms with Crippen LogP contribution in [0, 0.1) is 0 Å². The van der Waals surface area contributed by atoms with Gasteiger partial charge in [0.2, 0.25) is 5.78 Å². The third kappa shape index (κ3) is 3.59. The Balaban J connectivity index is 2.17. The number of furan rings is 1. The molecule has 0 aliphatic rings. The lowest BCUT2D eigenvalue weighted by Gasteiger charge is -2.28. The maximum Gasteiger partial charge on any atom is 0.228 e. The molecule has 0 atom stereocenters. The molecule has 1 N–H and O–H groups in total. The Hall–Kier alpha value is -2.88. The van der Waals surface area contributed by atoms with Crippen LogP contribution in [0.15, 0.2) is 40.8 Å². The number of aromatic hydroxyl groups is 1. The quantitative estimate of drug-likeness (QED) is 0.463. The molecule has 0 saturated heterocycles. The predicted octanol–water partition coefficient (Wildman–Crippen LogP) is 5.78. The van der Waals surface area contributed by atoms with Crippen LogP contribution in [-0.4, -0.2) is 17.2 Å². The van der Waals surface area contributed by atoms with Gasteiger partial charge in [0, 0.05) is 27.6 Å². The summed E-state index contributed by atoms with van der Waals surface area (Å²) in [6.07, 6.45) is 0.763. The molecule has 0 unspecified atom stereocenters. The van der Waals surface area contributed by atoms with Gasteiger partial charge in [-0.25, -0.2) is 0 Å². The van der Waals surface area contributed by atoms with E-state index in [1.807, 2.05) is 41.5 Å². The van der Waals surface area contributed by atoms with Crippen LogP contribution in [0.3, 0.4) is 0 Å². The number of phenolic OH excluding ortho intramolecular Hbond substituents is 1. The summed E-state index contributed by atoms with van der Waals surface area (Å²) in [5, 5.41) is 11.5. The minimum absolute atomic E-state index is 0.212. The monoisotopic (exact) mass is 378 g/mol. The van der Waals surface area contributed by atoms with E-state index < -0.39 is 0 Å². The largest absolute Gasteiger partial charge is 0.507 e. The van der Waals surface area contributed by atoms with E-state index in [-0.39, 0.29) is 28.1 Å². The van der Waals surface area contributed by atoms with Crippen molar-refractivity contribution in [2.75, 3.05) is 0 Å². The van der Waals surface area contributed by atoms with Crippen LogP contribution in [0.25, 0.3) is 11.0 Å². The van der Waals surface area contributed by atoms with Crippen LogP contribution in [-0.2, 0) is 10.8 Å². The van der Waals surface area contributed by atoms with E-state index in [1.165, 1.54) is 0 Å². The summed E-state index contributed by atoms with van der Waals surface area (Å²) in [4.78, 5) is 24.2. The second kappa shape index (κ2) is 6.62. The lowest BCUT2D eigenvalue weighted by atomic mass is 9.78. The summed E-state index contributed by atoms with van der Waals surface area (Å²) < 4.78 is 5.74. The molecule has 1 heterocycles. The Morgan fingerprint density at radius 3 is 2.00 bits per heavy atom. The summed E-state index contributed by atoms with van der Waals surface area (Å²) in [5.74, 6) is 0.195. The first-order valence-corrected chi connectivity index (χ1v) is 9.33. The fraction of sp³-hybridized carbons (Fsp3) is 0.333. The molecular weight excluding hydrogens is 352 g/mol. The van der Waals surface area contributed by atoms with Gasteiger partial charge in [-0.3, -0.25) is 9.59 Å². The number of rotatable bonds is 3. The van der Waals surface area contributed by atoms with Crippen molar-refractivity contribution in [2.45, 2.75) is 52.4 Å². The van der Waals surface area contributed by atoms with Crippen LogP contribution >= 0.6 is 0 Å². The topological polar surface area (TPSA) is 67.5 Å². The number of ketones is 1. The second-order valence-corrected chi connectivity index (χ2v) is 9.27. The standard InChI is InChI=1S/C24H26O4/c1-23(2,3)17-10-16(11-18(22(17)27)24(4,5)6)21(26)20-12-15-9-14(13-25)7-8-19(15)28-20/h7-13,27H,1-6H3. The molecule has 2 aromatic carbocycles. The second-order valence-electron chi connectivity index (χ2n) is 9.27. The Kier molecular flexibility index (Phi) is 4.70. The summed E-state index contributed by atoms with van der Waals surface area (Å²) in [6, 6.07) is 10.2. The molecule has 28 heavy (non-hydrogen) atoms. The molecule has 0 fully saturated rings. The molecule has 3 aromatic rings. The van der Waals surface area contributed by atoms with Crippen molar-refractivity contribution in [3.63, 3.8) is 0 Å². The normalized spacial score (nSPS) is 12.4. The van der Waals surface area contributed by atoms with Gasteiger partial charge in [-0.2, -0.15) is 0 Å². The first kappa shape index (κ1) is 19.9. The number of phenols is 1. The summed E-state index contributed by atoms with van der Waals surface area (Å²) in [7, 11) is 0. The van der Waals surface area contributed by atoms with Crippen molar-refractivity contribution < 1.29 is 19.1 Å². The summed E-state index contributed by atoms with van der Waals surface area (Å²) in [6.45, 7) is 12.0. The van der Waals surface area contributed by atoms with Crippen LogP contribution < -0.4 is 0 Å². The zero-order valence-corrected chi connectivity index (χ0v) is 17.2. The number of hydrogen-bond donors (Lipinski definition) is 1. The van der Waals surface area contributed by atoms with Gasteiger partial charge in [0.15, 0.2) is 5.76 Å². The average Bonchev–Trinajstić information content (AvgIpc) is 3.02. The smallest absolute Gasteiger partial charge is 0.228 e. The van der Waals surface area contributed by atoms with Crippen LogP contribution in [0.5, 0.6) is 5.75 Å². The van der Waals surface area contributed by atoms with Gasteiger partial charge < -0.3 is 9.52 Å². The highest BCUT2D eigenvalue weighted by atomic mass is 16.3. The lowest BCUT2D eigenvalue weighted by molar-refractivity contribution is 0.101. The van der Waals surface area contributed by atoms with Crippen molar-refractivity contribution in [1.82, 2.24) is 0 Å². The molecule has 4 heteroatoms. The van der Waals surface area contributed by atoms with E-state index in [4.69, 9.17) is 4.42 Å². The Bertz CT molecular complexity index is 1040. The SMILES string of the molecule is CC(C)(C)c1cc(C(=O)c2cc3cc(C=O)ccc3o2)cc(C(C)(C)C)c1O. The van der Waals surface area contributed by atoms with Crippen molar-refractivity contribution in [3.05, 3.63) is 64.4 Å². The van der Waals surface area contributed by atoms with Crippen molar-refractivity contribution in [3.8, 4) is 5.75 Å². The zero-order chi connectivity index (χ0) is 20.9. The van der Waals surface area contributed by atoms with E-state index in [2.05, 4.69) is 0 Å². The Morgan fingerprint density at radius 1 is 0.929 bits per heavy atom. The Morgan fingerprint density at radius 2 is 1.50 bits per heavy atom. The molecule has 0 bridgehead atoms. The maximum atomic E-state index is 13.2. The molecule has 0 saturated carbocycles. The van der Waals surface area contributed by atoms with E-state index >= 15 is 0 Å². The van der Waals surface area contributed by atoms with Gasteiger partial charge in [-0.1, -0.05) is 41.5 Å². The zero-order valence-electron chi connectivity index (χ0n) is 17.2. The molecule has 0 spiro atoms. The number of fused-ring (bicyclic) bond motifs is 1. The number of aldehydes is 1. The van der Waals surface area contributed by atoms with Gasteiger partial charge in [-0.05, 0) is 47.2 Å². The van der Waals surface area contributed by atoms with Crippen LogP contribution in [0.1, 0.15) is 79.1 Å². The number of benzene rings is 2. The summed E-state index contributed by atoms with van der Waals surface area (Å²) in [5.41, 5.74) is 2.36. The van der Waals surface area contributed by atoms with Gasteiger partial charge >= 0.3 is 0 Å². The minimum Gasteiger partial charge on any atom is -0.507 e. The lowest BCUT2D eigenvalue weighted by Crippen LogP contribution is -2.19. The molecule has 0 aliphatic carbocycles. The highest BCUT2D eigenvalue weighted by molar-refractivity contribution is 6.09. The molecule has 3 rings (SSSR count).